The van der Waals surface area contributed by atoms with E-state index in [0.29, 0.717) is 28.9 Å². The molecule has 1 aliphatic heterocycles. The molecule has 1 atom stereocenters. The third-order valence-corrected chi connectivity index (χ3v) is 4.52. The van der Waals surface area contributed by atoms with E-state index in [9.17, 15) is 4.79 Å². The van der Waals surface area contributed by atoms with E-state index in [0.717, 1.165) is 6.42 Å². The van der Waals surface area contributed by atoms with Crippen LogP contribution in [0.3, 0.4) is 0 Å². The standard InChI is InChI=1S/C18H17Cl2NO2/c1-12(23-17-7-6-15(19)10-16(17)20)18(22)21-9-8-13-4-2-3-5-14(13)11-21/h2-7,10,12H,8-9,11H2,1H3/t12-/m0/s1. The highest BCUT2D eigenvalue weighted by atomic mass is 35.5. The molecule has 1 aliphatic rings. The number of hydrogen-bond acceptors (Lipinski definition) is 2. The molecule has 0 unspecified atom stereocenters. The summed E-state index contributed by atoms with van der Waals surface area (Å²) < 4.78 is 5.72. The van der Waals surface area contributed by atoms with Gasteiger partial charge in [-0.15, -0.1) is 0 Å². The van der Waals surface area contributed by atoms with Gasteiger partial charge in [-0.05, 0) is 42.7 Å². The number of nitrogens with zero attached hydrogens (tertiary/aromatic N) is 1. The van der Waals surface area contributed by atoms with Gasteiger partial charge in [0.05, 0.1) is 5.02 Å². The minimum absolute atomic E-state index is 0.0366. The first-order valence-corrected chi connectivity index (χ1v) is 8.27. The Hall–Kier alpha value is -1.71. The second-order valence-electron chi connectivity index (χ2n) is 5.61. The third kappa shape index (κ3) is 3.62. The predicted molar refractivity (Wildman–Crippen MR) is 92.1 cm³/mol. The largest absolute Gasteiger partial charge is 0.479 e. The van der Waals surface area contributed by atoms with Crippen LogP contribution in [-0.4, -0.2) is 23.5 Å². The summed E-state index contributed by atoms with van der Waals surface area (Å²) in [6, 6.07) is 13.2. The second kappa shape index (κ2) is 6.81. The summed E-state index contributed by atoms with van der Waals surface area (Å²) in [5, 5.41) is 0.940. The summed E-state index contributed by atoms with van der Waals surface area (Å²) in [6.45, 7) is 3.07. The fourth-order valence-corrected chi connectivity index (χ4v) is 3.21. The van der Waals surface area contributed by atoms with Gasteiger partial charge in [0, 0.05) is 18.1 Å². The van der Waals surface area contributed by atoms with E-state index in [1.807, 2.05) is 17.0 Å². The van der Waals surface area contributed by atoms with E-state index in [1.54, 1.807) is 25.1 Å². The molecule has 0 bridgehead atoms. The maximum absolute atomic E-state index is 12.6. The average molecular weight is 350 g/mol. The van der Waals surface area contributed by atoms with E-state index in [1.165, 1.54) is 11.1 Å². The van der Waals surface area contributed by atoms with Crippen LogP contribution >= 0.6 is 23.2 Å². The molecule has 2 aromatic carbocycles. The zero-order valence-corrected chi connectivity index (χ0v) is 14.3. The van der Waals surface area contributed by atoms with Crippen LogP contribution in [-0.2, 0) is 17.8 Å². The molecule has 120 valence electrons. The molecule has 2 aromatic rings. The highest BCUT2D eigenvalue weighted by molar-refractivity contribution is 6.35. The highest BCUT2D eigenvalue weighted by Crippen LogP contribution is 2.29. The lowest BCUT2D eigenvalue weighted by Gasteiger charge is -2.31. The number of hydrogen-bond donors (Lipinski definition) is 0. The van der Waals surface area contributed by atoms with Crippen molar-refractivity contribution in [2.75, 3.05) is 6.54 Å². The number of fused-ring (bicyclic) bond motifs is 1. The molecule has 1 amide bonds. The van der Waals surface area contributed by atoms with Crippen LogP contribution in [0, 0.1) is 0 Å². The van der Waals surface area contributed by atoms with Crippen LogP contribution < -0.4 is 4.74 Å². The lowest BCUT2D eigenvalue weighted by atomic mass is 9.99. The Labute approximate surface area is 145 Å². The summed E-state index contributed by atoms with van der Waals surface area (Å²) in [4.78, 5) is 14.5. The Morgan fingerprint density at radius 1 is 1.17 bits per heavy atom. The Bertz CT molecular complexity index is 733. The van der Waals surface area contributed by atoms with Crippen LogP contribution in [0.2, 0.25) is 10.0 Å². The van der Waals surface area contributed by atoms with Crippen molar-refractivity contribution in [1.29, 1.82) is 0 Å². The minimum Gasteiger partial charge on any atom is -0.479 e. The lowest BCUT2D eigenvalue weighted by molar-refractivity contribution is -0.138. The van der Waals surface area contributed by atoms with Crippen molar-refractivity contribution in [3.05, 3.63) is 63.6 Å². The van der Waals surface area contributed by atoms with Gasteiger partial charge in [0.25, 0.3) is 5.91 Å². The number of carbonyl (C=O) groups is 1. The molecule has 0 fully saturated rings. The van der Waals surface area contributed by atoms with Gasteiger partial charge in [-0.2, -0.15) is 0 Å². The molecule has 0 N–H and O–H groups in total. The maximum atomic E-state index is 12.6. The predicted octanol–water partition coefficient (Wildman–Crippen LogP) is 4.35. The fourth-order valence-electron chi connectivity index (χ4n) is 2.75. The smallest absolute Gasteiger partial charge is 0.263 e. The van der Waals surface area contributed by atoms with E-state index < -0.39 is 6.10 Å². The number of benzene rings is 2. The first-order chi connectivity index (χ1) is 11.0. The quantitative estimate of drug-likeness (QED) is 0.824. The molecule has 5 heteroatoms. The van der Waals surface area contributed by atoms with Crippen molar-refractivity contribution in [2.24, 2.45) is 0 Å². The topological polar surface area (TPSA) is 29.5 Å². The van der Waals surface area contributed by atoms with Gasteiger partial charge < -0.3 is 9.64 Å². The van der Waals surface area contributed by atoms with Crippen molar-refractivity contribution >= 4 is 29.1 Å². The number of carbonyl (C=O) groups excluding carboxylic acids is 1. The van der Waals surface area contributed by atoms with Crippen molar-refractivity contribution < 1.29 is 9.53 Å². The van der Waals surface area contributed by atoms with Crippen molar-refractivity contribution in [3.63, 3.8) is 0 Å². The zero-order chi connectivity index (χ0) is 16.4. The van der Waals surface area contributed by atoms with E-state index in [2.05, 4.69) is 12.1 Å². The van der Waals surface area contributed by atoms with Gasteiger partial charge >= 0.3 is 0 Å². The van der Waals surface area contributed by atoms with Crippen molar-refractivity contribution in [2.45, 2.75) is 26.0 Å². The maximum Gasteiger partial charge on any atom is 0.263 e. The number of amides is 1. The fraction of sp³-hybridized carbons (Fsp3) is 0.278. The molecule has 0 saturated carbocycles. The Morgan fingerprint density at radius 3 is 2.65 bits per heavy atom. The number of ether oxygens (including phenoxy) is 1. The Kier molecular flexibility index (Phi) is 4.79. The molecule has 0 aromatic heterocycles. The number of rotatable bonds is 3. The van der Waals surface area contributed by atoms with Gasteiger partial charge in [-0.25, -0.2) is 0 Å². The molecule has 3 nitrogen and oxygen atoms in total. The first kappa shape index (κ1) is 16.2. The minimum atomic E-state index is -0.598. The van der Waals surface area contributed by atoms with Gasteiger partial charge in [-0.3, -0.25) is 4.79 Å². The Morgan fingerprint density at radius 2 is 1.91 bits per heavy atom. The van der Waals surface area contributed by atoms with Crippen LogP contribution in [0.15, 0.2) is 42.5 Å². The highest BCUT2D eigenvalue weighted by Gasteiger charge is 2.26. The SMILES string of the molecule is C[C@H](Oc1ccc(Cl)cc1Cl)C(=O)N1CCc2ccccc2C1. The molecule has 0 saturated heterocycles. The lowest BCUT2D eigenvalue weighted by Crippen LogP contribution is -2.43. The summed E-state index contributed by atoms with van der Waals surface area (Å²) in [7, 11) is 0. The zero-order valence-electron chi connectivity index (χ0n) is 12.8. The summed E-state index contributed by atoms with van der Waals surface area (Å²) in [5.74, 6) is 0.430. The van der Waals surface area contributed by atoms with E-state index in [-0.39, 0.29) is 5.91 Å². The average Bonchev–Trinajstić information content (AvgIpc) is 2.56. The summed E-state index contributed by atoms with van der Waals surface area (Å²) in [5.41, 5.74) is 2.51. The van der Waals surface area contributed by atoms with Crippen LogP contribution in [0.1, 0.15) is 18.1 Å². The second-order valence-corrected chi connectivity index (χ2v) is 6.46. The molecular formula is C18H17Cl2NO2. The van der Waals surface area contributed by atoms with Gasteiger partial charge in [0.1, 0.15) is 5.75 Å². The monoisotopic (exact) mass is 349 g/mol. The van der Waals surface area contributed by atoms with E-state index in [4.69, 9.17) is 27.9 Å². The molecule has 1 heterocycles. The van der Waals surface area contributed by atoms with E-state index >= 15 is 0 Å². The summed E-state index contributed by atoms with van der Waals surface area (Å²) in [6.07, 6.45) is 0.273. The van der Waals surface area contributed by atoms with Gasteiger partial charge in [-0.1, -0.05) is 47.5 Å². The van der Waals surface area contributed by atoms with Crippen molar-refractivity contribution in [1.82, 2.24) is 4.90 Å². The molecule has 0 aliphatic carbocycles. The molecule has 23 heavy (non-hydrogen) atoms. The third-order valence-electron chi connectivity index (χ3n) is 3.99. The normalized spacial score (nSPS) is 15.0. The van der Waals surface area contributed by atoms with Crippen molar-refractivity contribution in [3.8, 4) is 5.75 Å². The molecule has 3 rings (SSSR count). The van der Waals surface area contributed by atoms with Crippen LogP contribution in [0.5, 0.6) is 5.75 Å². The van der Waals surface area contributed by atoms with Gasteiger partial charge in [0.2, 0.25) is 0 Å². The Balaban J connectivity index is 1.68. The van der Waals surface area contributed by atoms with Crippen LogP contribution in [0.4, 0.5) is 0 Å². The molecular weight excluding hydrogens is 333 g/mol. The van der Waals surface area contributed by atoms with Gasteiger partial charge in [0.15, 0.2) is 6.10 Å². The number of halogens is 2. The molecule has 0 spiro atoms. The van der Waals surface area contributed by atoms with Crippen LogP contribution in [0.25, 0.3) is 0 Å². The molecule has 0 radical (unpaired) electrons. The summed E-state index contributed by atoms with van der Waals surface area (Å²) >= 11 is 12.0. The first-order valence-electron chi connectivity index (χ1n) is 7.52.